The second-order valence-electron chi connectivity index (χ2n) is 7.55. The zero-order chi connectivity index (χ0) is 23.4. The van der Waals surface area contributed by atoms with E-state index < -0.39 is 0 Å². The summed E-state index contributed by atoms with van der Waals surface area (Å²) in [5.74, 6) is 0.895. The first-order valence-electron chi connectivity index (χ1n) is 10.4. The largest absolute Gasteiger partial charge is 0.493 e. The number of hydrogen-bond acceptors (Lipinski definition) is 5. The van der Waals surface area contributed by atoms with Crippen LogP contribution >= 0.6 is 0 Å². The van der Waals surface area contributed by atoms with Gasteiger partial charge < -0.3 is 24.5 Å². The average Bonchev–Trinajstić information content (AvgIpc) is 3.26. The van der Waals surface area contributed by atoms with Crippen LogP contribution < -0.4 is 20.1 Å². The molecule has 0 fully saturated rings. The Balaban J connectivity index is 1.38. The van der Waals surface area contributed by atoms with Crippen molar-refractivity contribution in [2.75, 3.05) is 24.9 Å². The maximum absolute atomic E-state index is 12.6. The Hall–Kier alpha value is -4.26. The normalized spacial score (nSPS) is 10.6. The van der Waals surface area contributed by atoms with Crippen LogP contribution in [0.4, 0.5) is 11.4 Å². The van der Waals surface area contributed by atoms with E-state index in [2.05, 4.69) is 10.6 Å². The molecule has 1 heterocycles. The van der Waals surface area contributed by atoms with E-state index in [0.29, 0.717) is 28.5 Å². The molecule has 2 amide bonds. The Bertz CT molecular complexity index is 1280. The van der Waals surface area contributed by atoms with Crippen molar-refractivity contribution in [2.24, 2.45) is 0 Å². The summed E-state index contributed by atoms with van der Waals surface area (Å²) in [7, 11) is 3.12. The van der Waals surface area contributed by atoms with Crippen molar-refractivity contribution in [1.82, 2.24) is 0 Å². The van der Waals surface area contributed by atoms with Crippen molar-refractivity contribution in [3.8, 4) is 11.5 Å². The van der Waals surface area contributed by atoms with Crippen LogP contribution in [0.25, 0.3) is 11.0 Å². The van der Waals surface area contributed by atoms with Crippen molar-refractivity contribution in [2.45, 2.75) is 13.3 Å². The van der Waals surface area contributed by atoms with Gasteiger partial charge in [0.1, 0.15) is 5.58 Å². The summed E-state index contributed by atoms with van der Waals surface area (Å²) >= 11 is 0. The van der Waals surface area contributed by atoms with Crippen molar-refractivity contribution in [3.63, 3.8) is 0 Å². The lowest BCUT2D eigenvalue weighted by Gasteiger charge is -2.13. The van der Waals surface area contributed by atoms with Crippen LogP contribution in [0.1, 0.15) is 21.7 Å². The van der Waals surface area contributed by atoms with Crippen LogP contribution in [0.2, 0.25) is 0 Å². The Morgan fingerprint density at radius 3 is 2.27 bits per heavy atom. The molecule has 0 spiro atoms. The number of benzene rings is 3. The molecule has 0 saturated heterocycles. The van der Waals surface area contributed by atoms with Crippen molar-refractivity contribution in [1.29, 1.82) is 0 Å². The van der Waals surface area contributed by atoms with Crippen molar-refractivity contribution < 1.29 is 23.5 Å². The molecule has 4 rings (SSSR count). The zero-order valence-electron chi connectivity index (χ0n) is 18.6. The second kappa shape index (κ2) is 9.48. The smallest absolute Gasteiger partial charge is 0.291 e. The molecule has 0 atom stereocenters. The number of methoxy groups -OCH3 is 2. The number of carbonyl (C=O) groups is 2. The fourth-order valence-electron chi connectivity index (χ4n) is 3.49. The van der Waals surface area contributed by atoms with Crippen LogP contribution in [0.3, 0.4) is 0 Å². The van der Waals surface area contributed by atoms with E-state index in [1.165, 1.54) is 0 Å². The van der Waals surface area contributed by atoms with Gasteiger partial charge in [-0.1, -0.05) is 30.3 Å². The third kappa shape index (κ3) is 4.98. The molecule has 0 aliphatic rings. The van der Waals surface area contributed by atoms with Crippen LogP contribution in [0, 0.1) is 6.92 Å². The summed E-state index contributed by atoms with van der Waals surface area (Å²) in [6, 6.07) is 19.8. The molecule has 1 aromatic heterocycles. The number of carbonyl (C=O) groups excluding carboxylic acids is 2. The first-order valence-corrected chi connectivity index (χ1v) is 10.4. The topological polar surface area (TPSA) is 89.8 Å². The number of amides is 2. The van der Waals surface area contributed by atoms with E-state index in [9.17, 15) is 9.59 Å². The van der Waals surface area contributed by atoms with E-state index in [-0.39, 0.29) is 24.0 Å². The van der Waals surface area contributed by atoms with E-state index in [4.69, 9.17) is 13.9 Å². The summed E-state index contributed by atoms with van der Waals surface area (Å²) < 4.78 is 16.2. The highest BCUT2D eigenvalue weighted by Gasteiger charge is 2.14. The number of ether oxygens (including phenoxy) is 2. The maximum atomic E-state index is 12.6. The minimum atomic E-state index is -0.333. The fourth-order valence-corrected chi connectivity index (χ4v) is 3.49. The lowest BCUT2D eigenvalue weighted by Crippen LogP contribution is -2.15. The van der Waals surface area contributed by atoms with E-state index >= 15 is 0 Å². The van der Waals surface area contributed by atoms with E-state index in [1.54, 1.807) is 50.6 Å². The Morgan fingerprint density at radius 1 is 0.879 bits per heavy atom. The summed E-state index contributed by atoms with van der Waals surface area (Å²) in [6.45, 7) is 1.89. The molecule has 7 nitrogen and oxygen atoms in total. The van der Waals surface area contributed by atoms with Gasteiger partial charge in [-0.15, -0.1) is 0 Å². The standard InChI is InChI=1S/C26H24N2O5/c1-16-12-22(31-2)23(32-3)15-20(16)28-25(29)13-17-8-10-19(11-9-17)27-26(30)24-14-18-6-4-5-7-21(18)33-24/h4-12,14-15H,13H2,1-3H3,(H,27,30)(H,28,29). The van der Waals surface area contributed by atoms with Gasteiger partial charge in [0.2, 0.25) is 5.91 Å². The SMILES string of the molecule is COc1cc(C)c(NC(=O)Cc2ccc(NC(=O)c3cc4ccccc4o3)cc2)cc1OC. The number of furan rings is 1. The Labute approximate surface area is 191 Å². The number of rotatable bonds is 7. The van der Waals surface area contributed by atoms with Gasteiger partial charge in [-0.05, 0) is 48.4 Å². The first kappa shape index (κ1) is 22.0. The quantitative estimate of drug-likeness (QED) is 0.409. The number of fused-ring (bicyclic) bond motifs is 1. The highest BCUT2D eigenvalue weighted by Crippen LogP contribution is 2.33. The first-order chi connectivity index (χ1) is 16.0. The molecule has 0 bridgehead atoms. The summed E-state index contributed by atoms with van der Waals surface area (Å²) in [6.07, 6.45) is 0.186. The molecule has 0 saturated carbocycles. The molecule has 168 valence electrons. The Kier molecular flexibility index (Phi) is 6.31. The zero-order valence-corrected chi connectivity index (χ0v) is 18.6. The predicted molar refractivity (Wildman–Crippen MR) is 127 cm³/mol. The molecule has 2 N–H and O–H groups in total. The van der Waals surface area contributed by atoms with Gasteiger partial charge in [0.05, 0.1) is 20.6 Å². The average molecular weight is 444 g/mol. The molecule has 0 aliphatic heterocycles. The van der Waals surface area contributed by atoms with Gasteiger partial charge in [-0.3, -0.25) is 9.59 Å². The van der Waals surface area contributed by atoms with Crippen LogP contribution in [0.5, 0.6) is 11.5 Å². The number of para-hydroxylation sites is 1. The fraction of sp³-hybridized carbons (Fsp3) is 0.154. The van der Waals surface area contributed by atoms with Crippen molar-refractivity contribution in [3.05, 3.63) is 83.6 Å². The minimum absolute atomic E-state index is 0.163. The Morgan fingerprint density at radius 2 is 1.58 bits per heavy atom. The molecular formula is C26H24N2O5. The lowest BCUT2D eigenvalue weighted by molar-refractivity contribution is -0.115. The number of nitrogens with one attached hydrogen (secondary N) is 2. The van der Waals surface area contributed by atoms with E-state index in [1.807, 2.05) is 37.3 Å². The maximum Gasteiger partial charge on any atom is 0.291 e. The van der Waals surface area contributed by atoms with Gasteiger partial charge in [0.25, 0.3) is 5.91 Å². The van der Waals surface area contributed by atoms with Crippen LogP contribution in [-0.2, 0) is 11.2 Å². The summed E-state index contributed by atoms with van der Waals surface area (Å²) in [4.78, 5) is 25.0. The van der Waals surface area contributed by atoms with Crippen LogP contribution in [0.15, 0.2) is 71.1 Å². The third-order valence-corrected chi connectivity index (χ3v) is 5.23. The highest BCUT2D eigenvalue weighted by molar-refractivity contribution is 6.04. The van der Waals surface area contributed by atoms with Crippen LogP contribution in [-0.4, -0.2) is 26.0 Å². The minimum Gasteiger partial charge on any atom is -0.493 e. The molecule has 7 heteroatoms. The molecule has 0 radical (unpaired) electrons. The predicted octanol–water partition coefficient (Wildman–Crippen LogP) is 5.19. The number of anilines is 2. The van der Waals surface area contributed by atoms with Gasteiger partial charge in [-0.2, -0.15) is 0 Å². The van der Waals surface area contributed by atoms with Gasteiger partial charge >= 0.3 is 0 Å². The second-order valence-corrected chi connectivity index (χ2v) is 7.55. The van der Waals surface area contributed by atoms with Crippen molar-refractivity contribution >= 4 is 34.2 Å². The van der Waals surface area contributed by atoms with Gasteiger partial charge in [0, 0.05) is 22.8 Å². The summed E-state index contributed by atoms with van der Waals surface area (Å²) in [5, 5.41) is 6.59. The molecule has 3 aromatic carbocycles. The number of aryl methyl sites for hydroxylation is 1. The van der Waals surface area contributed by atoms with Gasteiger partial charge in [-0.25, -0.2) is 0 Å². The number of hydrogen-bond donors (Lipinski definition) is 2. The monoisotopic (exact) mass is 444 g/mol. The molecule has 0 unspecified atom stereocenters. The van der Waals surface area contributed by atoms with Gasteiger partial charge in [0.15, 0.2) is 17.3 Å². The molecular weight excluding hydrogens is 420 g/mol. The molecule has 0 aliphatic carbocycles. The van der Waals surface area contributed by atoms with E-state index in [0.717, 1.165) is 16.5 Å². The molecule has 33 heavy (non-hydrogen) atoms. The highest BCUT2D eigenvalue weighted by atomic mass is 16.5. The third-order valence-electron chi connectivity index (χ3n) is 5.23. The lowest BCUT2D eigenvalue weighted by atomic mass is 10.1. The summed E-state index contributed by atoms with van der Waals surface area (Å²) in [5.41, 5.74) is 3.61. The molecule has 4 aromatic rings.